The van der Waals surface area contributed by atoms with Gasteiger partial charge in [0.25, 0.3) is 5.91 Å². The standard InChI is InChI=1S/C10H13BrClNOS/c1-7(11)3-2-6-13-10(14)8-4-5-9(12)15-8/h4-5,7H,2-3,6H2,1H3,(H,13,14). The summed E-state index contributed by atoms with van der Waals surface area (Å²) in [5.41, 5.74) is 0. The van der Waals surface area contributed by atoms with Crippen LogP contribution in [0.3, 0.4) is 0 Å². The molecule has 0 aliphatic heterocycles. The third kappa shape index (κ3) is 5.00. The lowest BCUT2D eigenvalue weighted by Crippen LogP contribution is -2.23. The fraction of sp³-hybridized carbons (Fsp3) is 0.500. The normalized spacial score (nSPS) is 12.5. The molecule has 0 aromatic carbocycles. The number of nitrogens with one attached hydrogen (secondary N) is 1. The first-order valence-electron chi connectivity index (χ1n) is 4.77. The van der Waals surface area contributed by atoms with Crippen LogP contribution in [-0.4, -0.2) is 17.3 Å². The van der Waals surface area contributed by atoms with Crippen LogP contribution in [0.2, 0.25) is 4.34 Å². The lowest BCUT2D eigenvalue weighted by Gasteiger charge is -2.04. The second-order valence-corrected chi connectivity index (χ2v) is 6.56. The lowest BCUT2D eigenvalue weighted by atomic mass is 10.2. The number of halogens is 2. The zero-order valence-corrected chi connectivity index (χ0v) is 11.6. The molecule has 1 aromatic rings. The fourth-order valence-corrected chi connectivity index (χ4v) is 2.39. The SMILES string of the molecule is CC(Br)CCCNC(=O)c1ccc(Cl)s1. The highest BCUT2D eigenvalue weighted by atomic mass is 79.9. The maximum Gasteiger partial charge on any atom is 0.261 e. The van der Waals surface area contributed by atoms with E-state index in [1.165, 1.54) is 11.3 Å². The molecule has 1 atom stereocenters. The first kappa shape index (κ1) is 13.0. The van der Waals surface area contributed by atoms with Crippen LogP contribution in [0.5, 0.6) is 0 Å². The van der Waals surface area contributed by atoms with Crippen LogP contribution in [-0.2, 0) is 0 Å². The maximum atomic E-state index is 11.5. The van der Waals surface area contributed by atoms with Gasteiger partial charge in [0.2, 0.25) is 0 Å². The van der Waals surface area contributed by atoms with Gasteiger partial charge in [0.1, 0.15) is 0 Å². The largest absolute Gasteiger partial charge is 0.351 e. The molecule has 1 unspecified atom stereocenters. The summed E-state index contributed by atoms with van der Waals surface area (Å²) in [6.45, 7) is 2.81. The molecule has 0 bridgehead atoms. The number of alkyl halides is 1. The van der Waals surface area contributed by atoms with Gasteiger partial charge in [-0.05, 0) is 25.0 Å². The van der Waals surface area contributed by atoms with E-state index in [4.69, 9.17) is 11.6 Å². The Hall–Kier alpha value is -0.0600. The highest BCUT2D eigenvalue weighted by Gasteiger charge is 2.07. The van der Waals surface area contributed by atoms with Crippen LogP contribution in [0, 0.1) is 0 Å². The molecule has 15 heavy (non-hydrogen) atoms. The van der Waals surface area contributed by atoms with E-state index in [1.807, 2.05) is 0 Å². The lowest BCUT2D eigenvalue weighted by molar-refractivity contribution is 0.0957. The van der Waals surface area contributed by atoms with Crippen molar-refractivity contribution in [3.63, 3.8) is 0 Å². The second-order valence-electron chi connectivity index (χ2n) is 3.28. The van der Waals surface area contributed by atoms with Crippen LogP contribution in [0.25, 0.3) is 0 Å². The van der Waals surface area contributed by atoms with Crippen LogP contribution < -0.4 is 5.32 Å². The molecular formula is C10H13BrClNOS. The predicted molar refractivity (Wildman–Crippen MR) is 69.3 cm³/mol. The van der Waals surface area contributed by atoms with Crippen molar-refractivity contribution in [1.82, 2.24) is 5.32 Å². The van der Waals surface area contributed by atoms with E-state index in [-0.39, 0.29) is 5.91 Å². The molecule has 1 N–H and O–H groups in total. The predicted octanol–water partition coefficient (Wildman–Crippen LogP) is 3.69. The molecular weight excluding hydrogens is 298 g/mol. The molecule has 0 fully saturated rings. The molecule has 0 aliphatic carbocycles. The van der Waals surface area contributed by atoms with Crippen molar-refractivity contribution in [2.24, 2.45) is 0 Å². The molecule has 2 nitrogen and oxygen atoms in total. The van der Waals surface area contributed by atoms with Crippen molar-refractivity contribution in [3.8, 4) is 0 Å². The van der Waals surface area contributed by atoms with Gasteiger partial charge in [-0.1, -0.05) is 34.5 Å². The number of amides is 1. The maximum absolute atomic E-state index is 11.5. The van der Waals surface area contributed by atoms with Gasteiger partial charge in [-0.2, -0.15) is 0 Å². The average molecular weight is 311 g/mol. The topological polar surface area (TPSA) is 29.1 Å². The number of carbonyl (C=O) groups excluding carboxylic acids is 1. The molecule has 0 aliphatic rings. The summed E-state index contributed by atoms with van der Waals surface area (Å²) < 4.78 is 0.647. The van der Waals surface area contributed by atoms with E-state index in [0.717, 1.165) is 12.8 Å². The summed E-state index contributed by atoms with van der Waals surface area (Å²) >= 11 is 10.5. The molecule has 1 aromatic heterocycles. The van der Waals surface area contributed by atoms with Crippen molar-refractivity contribution in [3.05, 3.63) is 21.3 Å². The Bertz CT molecular complexity index is 327. The molecule has 0 saturated carbocycles. The van der Waals surface area contributed by atoms with Crippen LogP contribution >= 0.6 is 38.9 Å². The minimum atomic E-state index is -0.0332. The molecule has 1 amide bonds. The van der Waals surface area contributed by atoms with Crippen LogP contribution in [0.15, 0.2) is 12.1 Å². The van der Waals surface area contributed by atoms with Crippen molar-refractivity contribution >= 4 is 44.8 Å². The molecule has 5 heteroatoms. The van der Waals surface area contributed by atoms with Crippen LogP contribution in [0.1, 0.15) is 29.4 Å². The van der Waals surface area contributed by atoms with Gasteiger partial charge in [0.15, 0.2) is 0 Å². The van der Waals surface area contributed by atoms with E-state index in [2.05, 4.69) is 28.2 Å². The molecule has 1 rings (SSSR count). The van der Waals surface area contributed by atoms with Crippen LogP contribution in [0.4, 0.5) is 0 Å². The van der Waals surface area contributed by atoms with E-state index in [0.29, 0.717) is 20.6 Å². The summed E-state index contributed by atoms with van der Waals surface area (Å²) in [6, 6.07) is 3.48. The molecule has 0 saturated heterocycles. The van der Waals surface area contributed by atoms with Gasteiger partial charge < -0.3 is 5.32 Å². The first-order valence-corrected chi connectivity index (χ1v) is 6.88. The van der Waals surface area contributed by atoms with Gasteiger partial charge in [-0.15, -0.1) is 11.3 Å². The molecule has 0 radical (unpaired) electrons. The third-order valence-corrected chi connectivity index (χ3v) is 3.55. The summed E-state index contributed by atoms with van der Waals surface area (Å²) in [4.78, 5) is 12.7. The number of hydrogen-bond donors (Lipinski definition) is 1. The zero-order chi connectivity index (χ0) is 11.3. The highest BCUT2D eigenvalue weighted by Crippen LogP contribution is 2.21. The van der Waals surface area contributed by atoms with E-state index in [1.54, 1.807) is 12.1 Å². The van der Waals surface area contributed by atoms with Crippen molar-refractivity contribution < 1.29 is 4.79 Å². The van der Waals surface area contributed by atoms with Crippen molar-refractivity contribution in [2.75, 3.05) is 6.54 Å². The van der Waals surface area contributed by atoms with Gasteiger partial charge in [-0.3, -0.25) is 4.79 Å². The minimum Gasteiger partial charge on any atom is -0.351 e. The Kier molecular flexibility index (Phi) is 5.64. The van der Waals surface area contributed by atoms with Gasteiger partial charge >= 0.3 is 0 Å². The number of thiophene rings is 1. The molecule has 0 spiro atoms. The number of carbonyl (C=O) groups is 1. The van der Waals surface area contributed by atoms with Gasteiger partial charge in [0.05, 0.1) is 9.21 Å². The fourth-order valence-electron chi connectivity index (χ4n) is 1.11. The monoisotopic (exact) mass is 309 g/mol. The quantitative estimate of drug-likeness (QED) is 0.652. The van der Waals surface area contributed by atoms with E-state index in [9.17, 15) is 4.79 Å². The average Bonchev–Trinajstić information content (AvgIpc) is 2.59. The van der Waals surface area contributed by atoms with Crippen molar-refractivity contribution in [2.45, 2.75) is 24.6 Å². The summed E-state index contributed by atoms with van der Waals surface area (Å²) in [5.74, 6) is -0.0332. The van der Waals surface area contributed by atoms with Gasteiger partial charge in [-0.25, -0.2) is 0 Å². The summed E-state index contributed by atoms with van der Waals surface area (Å²) in [5, 5.41) is 2.86. The summed E-state index contributed by atoms with van der Waals surface area (Å²) in [6.07, 6.45) is 2.04. The first-order chi connectivity index (χ1) is 7.09. The third-order valence-electron chi connectivity index (χ3n) is 1.86. The Morgan fingerprint density at radius 1 is 1.67 bits per heavy atom. The summed E-state index contributed by atoms with van der Waals surface area (Å²) in [7, 11) is 0. The zero-order valence-electron chi connectivity index (χ0n) is 8.43. The second kappa shape index (κ2) is 6.51. The van der Waals surface area contributed by atoms with Crippen molar-refractivity contribution in [1.29, 1.82) is 0 Å². The molecule has 1 heterocycles. The number of hydrogen-bond acceptors (Lipinski definition) is 2. The highest BCUT2D eigenvalue weighted by molar-refractivity contribution is 9.09. The van der Waals surface area contributed by atoms with Gasteiger partial charge in [0, 0.05) is 11.4 Å². The Morgan fingerprint density at radius 3 is 2.93 bits per heavy atom. The minimum absolute atomic E-state index is 0.0332. The van der Waals surface area contributed by atoms with E-state index >= 15 is 0 Å². The molecule has 84 valence electrons. The Labute approximate surface area is 107 Å². The Morgan fingerprint density at radius 2 is 2.40 bits per heavy atom. The Balaban J connectivity index is 2.25. The smallest absolute Gasteiger partial charge is 0.261 e. The van der Waals surface area contributed by atoms with E-state index < -0.39 is 0 Å². The number of rotatable bonds is 5.